The lowest BCUT2D eigenvalue weighted by Gasteiger charge is -2.44. The molecule has 0 amide bonds. The lowest BCUT2D eigenvalue weighted by Crippen LogP contribution is -2.61. The second-order valence-corrected chi connectivity index (χ2v) is 15.0. The minimum atomic E-state index is -0.0230. The molecule has 0 saturated heterocycles. The van der Waals surface area contributed by atoms with Crippen molar-refractivity contribution in [3.05, 3.63) is 200 Å². The van der Waals surface area contributed by atoms with Crippen molar-refractivity contribution in [3.8, 4) is 22.6 Å². The number of hydrogen-bond donors (Lipinski definition) is 0. The summed E-state index contributed by atoms with van der Waals surface area (Å²) >= 11 is 0. The molecule has 0 aliphatic carbocycles. The summed E-state index contributed by atoms with van der Waals surface area (Å²) in [4.78, 5) is 15.5. The van der Waals surface area contributed by atoms with Crippen LogP contribution in [0.25, 0.3) is 55.1 Å². The summed E-state index contributed by atoms with van der Waals surface area (Å²) in [6.07, 6.45) is 0. The van der Waals surface area contributed by atoms with Crippen molar-refractivity contribution in [1.82, 2.24) is 9.97 Å². The van der Waals surface area contributed by atoms with Gasteiger partial charge in [-0.15, -0.1) is 0 Å². The Morgan fingerprint density at radius 3 is 1.37 bits per heavy atom. The SMILES string of the molecule is c1ccc(-c2nc(-c3cc4c5c(c3)N(c3ccccc3)c3cc6ccccc6cc3B5c3cc5ccccc5cc3N4c3ccccc3)c3ccccc3n2)cc1. The molecule has 0 fully saturated rings. The summed E-state index contributed by atoms with van der Waals surface area (Å²) in [6, 6.07) is 72.3. The molecule has 0 saturated carbocycles. The van der Waals surface area contributed by atoms with Gasteiger partial charge in [-0.3, -0.25) is 0 Å². The van der Waals surface area contributed by atoms with E-state index in [-0.39, 0.29) is 6.71 Å². The van der Waals surface area contributed by atoms with E-state index in [1.807, 2.05) is 6.07 Å². The highest BCUT2D eigenvalue weighted by Crippen LogP contribution is 2.47. The number of para-hydroxylation sites is 3. The molecule has 1 aromatic heterocycles. The van der Waals surface area contributed by atoms with Gasteiger partial charge in [-0.2, -0.15) is 0 Å². The molecular formula is C52H33BN4. The molecule has 4 nitrogen and oxygen atoms in total. The van der Waals surface area contributed by atoms with Gasteiger partial charge in [0, 0.05) is 50.6 Å². The Balaban J connectivity index is 1.24. The molecule has 9 aromatic carbocycles. The van der Waals surface area contributed by atoms with Crippen LogP contribution in [0.15, 0.2) is 200 Å². The largest absolute Gasteiger partial charge is 0.311 e. The number of rotatable bonds is 4. The molecule has 3 heterocycles. The molecular weight excluding hydrogens is 691 g/mol. The van der Waals surface area contributed by atoms with Crippen LogP contribution in [0.4, 0.5) is 34.1 Å². The van der Waals surface area contributed by atoms with Crippen molar-refractivity contribution in [2.24, 2.45) is 0 Å². The molecule has 0 N–H and O–H groups in total. The van der Waals surface area contributed by atoms with E-state index in [0.29, 0.717) is 5.82 Å². The van der Waals surface area contributed by atoms with Crippen LogP contribution in [-0.2, 0) is 0 Å². The van der Waals surface area contributed by atoms with E-state index < -0.39 is 0 Å². The van der Waals surface area contributed by atoms with E-state index in [4.69, 9.17) is 9.97 Å². The first-order chi connectivity index (χ1) is 28.3. The molecule has 5 heteroatoms. The molecule has 0 radical (unpaired) electrons. The number of anilines is 6. The maximum Gasteiger partial charge on any atom is 0.252 e. The summed E-state index contributed by atoms with van der Waals surface area (Å²) in [5.74, 6) is 0.710. The first-order valence-electron chi connectivity index (χ1n) is 19.5. The van der Waals surface area contributed by atoms with Gasteiger partial charge in [0.15, 0.2) is 5.82 Å². The number of aromatic nitrogens is 2. The van der Waals surface area contributed by atoms with E-state index in [0.717, 1.165) is 50.5 Å². The summed E-state index contributed by atoms with van der Waals surface area (Å²) in [6.45, 7) is -0.0230. The molecule has 12 rings (SSSR count). The van der Waals surface area contributed by atoms with Gasteiger partial charge in [-0.05, 0) is 92.5 Å². The van der Waals surface area contributed by atoms with Crippen molar-refractivity contribution >= 4 is 89.7 Å². The fraction of sp³-hybridized carbons (Fsp3) is 0. The zero-order chi connectivity index (χ0) is 37.5. The predicted molar refractivity (Wildman–Crippen MR) is 239 cm³/mol. The molecule has 2 aliphatic rings. The van der Waals surface area contributed by atoms with Crippen molar-refractivity contribution in [3.63, 3.8) is 0 Å². The van der Waals surface area contributed by atoms with Crippen LogP contribution in [0.1, 0.15) is 0 Å². The normalized spacial score (nSPS) is 12.8. The van der Waals surface area contributed by atoms with Gasteiger partial charge < -0.3 is 9.80 Å². The highest BCUT2D eigenvalue weighted by atomic mass is 15.2. The van der Waals surface area contributed by atoms with E-state index in [1.165, 1.54) is 49.3 Å². The Bertz CT molecular complexity index is 3050. The smallest absolute Gasteiger partial charge is 0.252 e. The van der Waals surface area contributed by atoms with Gasteiger partial charge in [0.25, 0.3) is 6.71 Å². The summed E-state index contributed by atoms with van der Waals surface area (Å²) < 4.78 is 0. The van der Waals surface area contributed by atoms with Crippen molar-refractivity contribution in [2.75, 3.05) is 9.80 Å². The van der Waals surface area contributed by atoms with Gasteiger partial charge in [0.1, 0.15) is 0 Å². The Morgan fingerprint density at radius 1 is 0.368 bits per heavy atom. The first-order valence-corrected chi connectivity index (χ1v) is 19.5. The van der Waals surface area contributed by atoms with Gasteiger partial charge in [-0.25, -0.2) is 9.97 Å². The highest BCUT2D eigenvalue weighted by Gasteiger charge is 2.44. The minimum Gasteiger partial charge on any atom is -0.311 e. The zero-order valence-corrected chi connectivity index (χ0v) is 30.9. The molecule has 264 valence electrons. The van der Waals surface area contributed by atoms with Crippen LogP contribution in [-0.4, -0.2) is 16.7 Å². The van der Waals surface area contributed by atoms with Crippen LogP contribution in [0.5, 0.6) is 0 Å². The summed E-state index contributed by atoms with van der Waals surface area (Å²) in [5, 5.41) is 5.92. The predicted octanol–water partition coefficient (Wildman–Crippen LogP) is 11.4. The van der Waals surface area contributed by atoms with E-state index >= 15 is 0 Å². The van der Waals surface area contributed by atoms with E-state index in [9.17, 15) is 0 Å². The van der Waals surface area contributed by atoms with Crippen LogP contribution in [0, 0.1) is 0 Å². The lowest BCUT2D eigenvalue weighted by atomic mass is 9.33. The van der Waals surface area contributed by atoms with Gasteiger partial charge >= 0.3 is 0 Å². The Labute approximate surface area is 331 Å². The third-order valence-electron chi connectivity index (χ3n) is 11.7. The first kappa shape index (κ1) is 31.8. The average molecular weight is 725 g/mol. The van der Waals surface area contributed by atoms with E-state index in [1.54, 1.807) is 0 Å². The van der Waals surface area contributed by atoms with E-state index in [2.05, 4.69) is 204 Å². The zero-order valence-electron chi connectivity index (χ0n) is 30.9. The van der Waals surface area contributed by atoms with Crippen molar-refractivity contribution < 1.29 is 0 Å². The van der Waals surface area contributed by atoms with Crippen LogP contribution < -0.4 is 26.2 Å². The average Bonchev–Trinajstić information content (AvgIpc) is 3.28. The number of hydrogen-bond acceptors (Lipinski definition) is 4. The number of benzene rings is 9. The Morgan fingerprint density at radius 2 is 0.825 bits per heavy atom. The van der Waals surface area contributed by atoms with Crippen LogP contribution in [0.2, 0.25) is 0 Å². The van der Waals surface area contributed by atoms with Gasteiger partial charge in [-0.1, -0.05) is 146 Å². The minimum absolute atomic E-state index is 0.0230. The molecule has 2 aliphatic heterocycles. The molecule has 0 atom stereocenters. The van der Waals surface area contributed by atoms with Gasteiger partial charge in [0.05, 0.1) is 11.2 Å². The van der Waals surface area contributed by atoms with Crippen molar-refractivity contribution in [2.45, 2.75) is 0 Å². The van der Waals surface area contributed by atoms with Crippen LogP contribution in [0.3, 0.4) is 0 Å². The third-order valence-corrected chi connectivity index (χ3v) is 11.7. The lowest BCUT2D eigenvalue weighted by molar-refractivity contribution is 1.22. The Hall–Kier alpha value is -7.50. The van der Waals surface area contributed by atoms with Crippen LogP contribution >= 0.6 is 0 Å². The quantitative estimate of drug-likeness (QED) is 0.169. The second kappa shape index (κ2) is 12.5. The summed E-state index contributed by atoms with van der Waals surface area (Å²) in [7, 11) is 0. The maximum absolute atomic E-state index is 5.42. The fourth-order valence-corrected chi connectivity index (χ4v) is 9.23. The molecule has 0 unspecified atom stereocenters. The third kappa shape index (κ3) is 4.95. The molecule has 0 bridgehead atoms. The second-order valence-electron chi connectivity index (χ2n) is 15.0. The number of nitrogens with zero attached hydrogens (tertiary/aromatic N) is 4. The van der Waals surface area contributed by atoms with Crippen molar-refractivity contribution in [1.29, 1.82) is 0 Å². The highest BCUT2D eigenvalue weighted by molar-refractivity contribution is 7.00. The Kier molecular flexibility index (Phi) is 6.99. The molecule has 10 aromatic rings. The van der Waals surface area contributed by atoms with Gasteiger partial charge in [0.2, 0.25) is 0 Å². The summed E-state index contributed by atoms with van der Waals surface area (Å²) in [5.41, 5.74) is 14.6. The topological polar surface area (TPSA) is 32.3 Å². The fourth-order valence-electron chi connectivity index (χ4n) is 9.23. The number of fused-ring (bicyclic) bond motifs is 7. The monoisotopic (exact) mass is 724 g/mol. The molecule has 57 heavy (non-hydrogen) atoms. The standard InChI is InChI=1S/C52H33BN4/c1-4-16-34(17-5-1)52-54-45-27-15-14-26-42(45)51(55-52)39-32-48-50-49(33-39)57(41-24-8-3-9-25-41)47-31-38-21-13-11-19-36(38)29-44(47)53(50)43-28-35-18-10-12-20-37(35)30-46(43)56(48)40-22-6-2-7-23-40/h1-33H. The maximum atomic E-state index is 5.42. The molecule has 0 spiro atoms.